The maximum Gasteiger partial charge on any atom is 0.219 e. The van der Waals surface area contributed by atoms with Crippen LogP contribution < -0.4 is 11.1 Å². The van der Waals surface area contributed by atoms with Crippen molar-refractivity contribution in [2.75, 3.05) is 13.2 Å². The van der Waals surface area contributed by atoms with Gasteiger partial charge in [-0.05, 0) is 12.1 Å². The number of carbonyl (C=O) groups excluding carboxylic acids is 2. The number of hydrogen-bond donors (Lipinski definition) is 4. The van der Waals surface area contributed by atoms with Gasteiger partial charge >= 0.3 is 0 Å². The summed E-state index contributed by atoms with van der Waals surface area (Å²) in [6, 6.07) is 5.21. The van der Waals surface area contributed by atoms with E-state index in [4.69, 9.17) is 10.8 Å². The average molecular weight is 252 g/mol. The molecule has 6 nitrogen and oxygen atoms in total. The highest BCUT2D eigenvalue weighted by atomic mass is 16.3. The number of benzene rings is 1. The van der Waals surface area contributed by atoms with Crippen molar-refractivity contribution >= 4 is 11.7 Å². The summed E-state index contributed by atoms with van der Waals surface area (Å²) in [6.07, 6.45) is -0.187. The Balaban J connectivity index is 2.87. The molecule has 1 atom stereocenters. The molecule has 0 spiro atoms. The third-order valence-corrected chi connectivity index (χ3v) is 2.39. The number of phenolic OH excluding ortho intramolecular Hbond substituents is 1. The molecule has 0 heterocycles. The van der Waals surface area contributed by atoms with Crippen molar-refractivity contribution < 1.29 is 19.8 Å². The normalized spacial score (nSPS) is 12.1. The number of nitrogens with two attached hydrogens (primary N) is 1. The molecule has 1 aromatic rings. The summed E-state index contributed by atoms with van der Waals surface area (Å²) < 4.78 is 0. The minimum absolute atomic E-state index is 0.120. The van der Waals surface area contributed by atoms with Crippen LogP contribution in [0.2, 0.25) is 0 Å². The first kappa shape index (κ1) is 14.1. The van der Waals surface area contributed by atoms with E-state index in [9.17, 15) is 14.7 Å². The van der Waals surface area contributed by atoms with Crippen molar-refractivity contribution in [2.45, 2.75) is 12.5 Å². The fraction of sp³-hybridized carbons (Fsp3) is 0.333. The summed E-state index contributed by atoms with van der Waals surface area (Å²) in [5.74, 6) is -1.21. The fourth-order valence-electron chi connectivity index (χ4n) is 1.57. The van der Waals surface area contributed by atoms with E-state index in [1.165, 1.54) is 12.1 Å². The average Bonchev–Trinajstić information content (AvgIpc) is 2.34. The van der Waals surface area contributed by atoms with E-state index in [2.05, 4.69) is 5.32 Å². The number of para-hydroxylation sites is 1. The van der Waals surface area contributed by atoms with Gasteiger partial charge in [0.15, 0.2) is 5.78 Å². The van der Waals surface area contributed by atoms with Crippen LogP contribution in [-0.2, 0) is 4.79 Å². The first-order valence-electron chi connectivity index (χ1n) is 5.51. The minimum atomic E-state index is -0.844. The van der Waals surface area contributed by atoms with E-state index in [0.29, 0.717) is 0 Å². The Labute approximate surface area is 104 Å². The molecule has 0 unspecified atom stereocenters. The Morgan fingerprint density at radius 2 is 2.00 bits per heavy atom. The second-order valence-electron chi connectivity index (χ2n) is 3.78. The molecule has 5 N–H and O–H groups in total. The van der Waals surface area contributed by atoms with E-state index in [1.54, 1.807) is 12.1 Å². The van der Waals surface area contributed by atoms with Crippen molar-refractivity contribution in [3.63, 3.8) is 0 Å². The molecule has 0 aliphatic carbocycles. The molecule has 1 rings (SSSR count). The summed E-state index contributed by atoms with van der Waals surface area (Å²) in [7, 11) is 0. The number of aromatic hydroxyl groups is 1. The predicted octanol–water partition coefficient (Wildman–Crippen LogP) is -0.599. The number of phenols is 1. The van der Waals surface area contributed by atoms with Gasteiger partial charge in [0.2, 0.25) is 5.91 Å². The quantitative estimate of drug-likeness (QED) is 0.484. The SMILES string of the molecule is NC(=O)C[C@H](NCCO)C(=O)c1ccccc1O. The Hall–Kier alpha value is -1.92. The van der Waals surface area contributed by atoms with E-state index in [0.717, 1.165) is 0 Å². The van der Waals surface area contributed by atoms with Crippen molar-refractivity contribution in [3.05, 3.63) is 29.8 Å². The summed E-state index contributed by atoms with van der Waals surface area (Å²) in [6.45, 7) is 0.000591. The second-order valence-corrected chi connectivity index (χ2v) is 3.78. The van der Waals surface area contributed by atoms with Crippen LogP contribution in [0.4, 0.5) is 0 Å². The number of aliphatic hydroxyl groups excluding tert-OH is 1. The highest BCUT2D eigenvalue weighted by molar-refractivity contribution is 6.04. The van der Waals surface area contributed by atoms with Crippen LogP contribution in [0.25, 0.3) is 0 Å². The lowest BCUT2D eigenvalue weighted by Gasteiger charge is -2.16. The van der Waals surface area contributed by atoms with Crippen LogP contribution >= 0.6 is 0 Å². The highest BCUT2D eigenvalue weighted by Gasteiger charge is 2.23. The molecule has 0 aliphatic rings. The van der Waals surface area contributed by atoms with Gasteiger partial charge in [0, 0.05) is 13.0 Å². The topological polar surface area (TPSA) is 113 Å². The van der Waals surface area contributed by atoms with Gasteiger partial charge in [-0.3, -0.25) is 9.59 Å². The Morgan fingerprint density at radius 3 is 2.56 bits per heavy atom. The summed E-state index contributed by atoms with van der Waals surface area (Å²) in [5.41, 5.74) is 5.18. The molecular weight excluding hydrogens is 236 g/mol. The van der Waals surface area contributed by atoms with Crippen molar-refractivity contribution in [1.29, 1.82) is 0 Å². The van der Waals surface area contributed by atoms with Crippen LogP contribution in [-0.4, -0.2) is 41.1 Å². The molecule has 18 heavy (non-hydrogen) atoms. The molecule has 0 radical (unpaired) electrons. The third-order valence-electron chi connectivity index (χ3n) is 2.39. The number of ketones is 1. The molecule has 0 saturated carbocycles. The molecule has 0 saturated heterocycles. The van der Waals surface area contributed by atoms with E-state index in [1.807, 2.05) is 0 Å². The number of amides is 1. The van der Waals surface area contributed by atoms with E-state index < -0.39 is 17.7 Å². The zero-order chi connectivity index (χ0) is 13.5. The van der Waals surface area contributed by atoms with E-state index in [-0.39, 0.29) is 30.9 Å². The van der Waals surface area contributed by atoms with E-state index >= 15 is 0 Å². The molecule has 1 amide bonds. The number of rotatable bonds is 7. The molecule has 0 aliphatic heterocycles. The third kappa shape index (κ3) is 3.83. The molecule has 1 aromatic carbocycles. The Bertz CT molecular complexity index is 434. The standard InChI is InChI=1S/C12H16N2O4/c13-11(17)7-9(14-5-6-15)12(18)8-3-1-2-4-10(8)16/h1-4,9,14-16H,5-7H2,(H2,13,17)/t9-/m0/s1. The number of primary amides is 1. The van der Waals surface area contributed by atoms with Gasteiger partial charge in [-0.1, -0.05) is 12.1 Å². The zero-order valence-electron chi connectivity index (χ0n) is 9.80. The van der Waals surface area contributed by atoms with Crippen LogP contribution in [0.3, 0.4) is 0 Å². The number of hydrogen-bond acceptors (Lipinski definition) is 5. The molecule has 0 bridgehead atoms. The highest BCUT2D eigenvalue weighted by Crippen LogP contribution is 2.18. The van der Waals surface area contributed by atoms with Gasteiger partial charge in [0.05, 0.1) is 18.2 Å². The number of aliphatic hydroxyl groups is 1. The zero-order valence-corrected chi connectivity index (χ0v) is 9.80. The van der Waals surface area contributed by atoms with Gasteiger partial charge in [0.1, 0.15) is 5.75 Å². The van der Waals surface area contributed by atoms with Gasteiger partial charge in [-0.25, -0.2) is 0 Å². The summed E-state index contributed by atoms with van der Waals surface area (Å²) >= 11 is 0. The Kier molecular flexibility index (Phi) is 5.29. The first-order valence-corrected chi connectivity index (χ1v) is 5.51. The lowest BCUT2D eigenvalue weighted by molar-refractivity contribution is -0.118. The second kappa shape index (κ2) is 6.73. The summed E-state index contributed by atoms with van der Waals surface area (Å²) in [5, 5.41) is 21.0. The smallest absolute Gasteiger partial charge is 0.219 e. The number of nitrogens with one attached hydrogen (secondary N) is 1. The van der Waals surface area contributed by atoms with Crippen molar-refractivity contribution in [2.24, 2.45) is 5.73 Å². The van der Waals surface area contributed by atoms with Crippen LogP contribution in [0, 0.1) is 0 Å². The van der Waals surface area contributed by atoms with Gasteiger partial charge in [-0.2, -0.15) is 0 Å². The molecule has 98 valence electrons. The molecular formula is C12H16N2O4. The molecule has 0 aromatic heterocycles. The van der Waals surface area contributed by atoms with Gasteiger partial charge in [-0.15, -0.1) is 0 Å². The predicted molar refractivity (Wildman–Crippen MR) is 65.1 cm³/mol. The molecule has 6 heteroatoms. The van der Waals surface area contributed by atoms with Gasteiger partial charge in [0.25, 0.3) is 0 Å². The lowest BCUT2D eigenvalue weighted by atomic mass is 10.0. The number of Topliss-reactive ketones (excluding diaryl/α,β-unsaturated/α-hetero) is 1. The van der Waals surface area contributed by atoms with Crippen molar-refractivity contribution in [1.82, 2.24) is 5.32 Å². The largest absolute Gasteiger partial charge is 0.507 e. The van der Waals surface area contributed by atoms with Crippen LogP contribution in [0.15, 0.2) is 24.3 Å². The maximum absolute atomic E-state index is 12.1. The fourth-order valence-corrected chi connectivity index (χ4v) is 1.57. The maximum atomic E-state index is 12.1. The monoisotopic (exact) mass is 252 g/mol. The van der Waals surface area contributed by atoms with Crippen LogP contribution in [0.5, 0.6) is 5.75 Å². The minimum Gasteiger partial charge on any atom is -0.507 e. The Morgan fingerprint density at radius 1 is 1.33 bits per heavy atom. The molecule has 0 fully saturated rings. The van der Waals surface area contributed by atoms with Gasteiger partial charge < -0.3 is 21.3 Å². The number of carbonyl (C=O) groups is 2. The summed E-state index contributed by atoms with van der Waals surface area (Å²) in [4.78, 5) is 23.0. The lowest BCUT2D eigenvalue weighted by Crippen LogP contribution is -2.41. The first-order chi connectivity index (χ1) is 8.56. The van der Waals surface area contributed by atoms with Crippen LogP contribution in [0.1, 0.15) is 16.8 Å². The van der Waals surface area contributed by atoms with Crippen molar-refractivity contribution in [3.8, 4) is 5.75 Å².